The third-order valence-electron chi connectivity index (χ3n) is 5.64. The van der Waals surface area contributed by atoms with Gasteiger partial charge in [0.25, 0.3) is 0 Å². The van der Waals surface area contributed by atoms with Crippen LogP contribution in [-0.4, -0.2) is 42.5 Å². The Balaban J connectivity index is 2.06. The molecule has 5 nitrogen and oxygen atoms in total. The number of nitrogens with zero attached hydrogens (tertiary/aromatic N) is 2. The highest BCUT2D eigenvalue weighted by molar-refractivity contribution is 5.54. The predicted octanol–water partition coefficient (Wildman–Crippen LogP) is 4.52. The van der Waals surface area contributed by atoms with Crippen molar-refractivity contribution in [3.63, 3.8) is 0 Å². The number of isocyanates is 1. The van der Waals surface area contributed by atoms with E-state index in [-0.39, 0.29) is 12.2 Å². The second-order valence-corrected chi connectivity index (χ2v) is 7.97. The van der Waals surface area contributed by atoms with Crippen molar-refractivity contribution in [2.45, 2.75) is 83.8 Å². The Morgan fingerprint density at radius 3 is 2.66 bits per heavy atom. The number of nitrogens with one attached hydrogen (secondary N) is 1. The summed E-state index contributed by atoms with van der Waals surface area (Å²) in [5.74, 6) is 0. The molecule has 1 heterocycles. The third kappa shape index (κ3) is 7.65. The van der Waals surface area contributed by atoms with Gasteiger partial charge in [0.2, 0.25) is 0 Å². The highest BCUT2D eigenvalue weighted by Gasteiger charge is 2.27. The molecular weight excluding hydrogens is 362 g/mol. The molecule has 1 aliphatic heterocycles. The van der Waals surface area contributed by atoms with Gasteiger partial charge in [0.1, 0.15) is 0 Å². The van der Waals surface area contributed by atoms with Crippen molar-refractivity contribution in [3.05, 3.63) is 35.1 Å². The Bertz CT molecular complexity index is 698. The molecule has 0 spiro atoms. The maximum absolute atomic E-state index is 10.8. The number of piperidine rings is 1. The summed E-state index contributed by atoms with van der Waals surface area (Å²) in [5, 5.41) is 13.1. The fourth-order valence-corrected chi connectivity index (χ4v) is 3.92. The Labute approximate surface area is 175 Å². The largest absolute Gasteiger partial charge is 0.424 e. The monoisotopic (exact) mass is 398 g/mol. The Hall–Kier alpha value is -2.15. The maximum Gasteiger partial charge on any atom is 0.424 e. The molecule has 0 aromatic carbocycles. The van der Waals surface area contributed by atoms with Crippen LogP contribution in [0, 0.1) is 11.3 Å². The van der Waals surface area contributed by atoms with Crippen LogP contribution in [0.5, 0.6) is 0 Å². The van der Waals surface area contributed by atoms with E-state index in [0.717, 1.165) is 62.6 Å². The normalized spacial score (nSPS) is 22.4. The zero-order valence-corrected chi connectivity index (χ0v) is 18.1. The highest BCUT2D eigenvalue weighted by atomic mass is 16.5. The Morgan fingerprint density at radius 2 is 2.00 bits per heavy atom. The quantitative estimate of drug-likeness (QED) is 0.316. The molecule has 0 amide bonds. The summed E-state index contributed by atoms with van der Waals surface area (Å²) >= 11 is 0. The van der Waals surface area contributed by atoms with Crippen LogP contribution in [0.15, 0.2) is 35.1 Å². The minimum absolute atomic E-state index is 0.00421. The van der Waals surface area contributed by atoms with Crippen molar-refractivity contribution < 1.29 is 14.1 Å². The third-order valence-corrected chi connectivity index (χ3v) is 5.64. The van der Waals surface area contributed by atoms with Crippen LogP contribution < -0.4 is 5.32 Å². The van der Waals surface area contributed by atoms with Gasteiger partial charge in [-0.2, -0.15) is 14.6 Å². The molecule has 5 heteroatoms. The first kappa shape index (κ1) is 23.1. The van der Waals surface area contributed by atoms with Gasteiger partial charge in [-0.05, 0) is 55.2 Å². The number of hydrogen-bond acceptors (Lipinski definition) is 4. The lowest BCUT2D eigenvalue weighted by Gasteiger charge is -2.28. The summed E-state index contributed by atoms with van der Waals surface area (Å²) < 4.78 is 8.08. The van der Waals surface area contributed by atoms with Crippen molar-refractivity contribution >= 4 is 6.08 Å². The van der Waals surface area contributed by atoms with Gasteiger partial charge in [-0.3, -0.25) is 0 Å². The van der Waals surface area contributed by atoms with E-state index in [4.69, 9.17) is 4.74 Å². The number of hydrogen-bond donors (Lipinski definition) is 1. The minimum atomic E-state index is -0.00421. The van der Waals surface area contributed by atoms with E-state index in [9.17, 15) is 10.1 Å². The topological polar surface area (TPSA) is 65.1 Å². The van der Waals surface area contributed by atoms with E-state index < -0.39 is 0 Å². The molecule has 1 atom stereocenters. The molecule has 29 heavy (non-hydrogen) atoms. The molecule has 1 aliphatic carbocycles. The highest BCUT2D eigenvalue weighted by Crippen LogP contribution is 2.32. The first-order chi connectivity index (χ1) is 14.2. The van der Waals surface area contributed by atoms with Crippen molar-refractivity contribution in [1.82, 2.24) is 5.32 Å². The van der Waals surface area contributed by atoms with E-state index in [0.29, 0.717) is 13.1 Å². The van der Waals surface area contributed by atoms with Crippen molar-refractivity contribution in [1.29, 1.82) is 5.26 Å². The second kappa shape index (κ2) is 13.1. The van der Waals surface area contributed by atoms with Crippen molar-refractivity contribution in [3.8, 4) is 6.07 Å². The summed E-state index contributed by atoms with van der Waals surface area (Å²) in [6, 6.07) is 2.44. The van der Waals surface area contributed by atoms with E-state index in [1.807, 2.05) is 18.4 Å². The average Bonchev–Trinajstić information content (AvgIpc) is 2.75. The zero-order valence-electron chi connectivity index (χ0n) is 18.1. The van der Waals surface area contributed by atoms with Gasteiger partial charge in [-0.15, -0.1) is 0 Å². The Morgan fingerprint density at radius 1 is 1.24 bits per heavy atom. The van der Waals surface area contributed by atoms with Gasteiger partial charge >= 0.3 is 6.08 Å². The SMILES string of the molecule is CCCCCNC=CC1=CC(OC2CC[N+](=C=O)CC2)CC(CCCC)=C1C#N. The van der Waals surface area contributed by atoms with Crippen LogP contribution in [-0.2, 0) is 9.53 Å². The fraction of sp³-hybridized carbons (Fsp3) is 0.667. The van der Waals surface area contributed by atoms with Gasteiger partial charge in [-0.25, -0.2) is 0 Å². The average molecular weight is 399 g/mol. The van der Waals surface area contributed by atoms with Gasteiger partial charge < -0.3 is 10.1 Å². The molecule has 0 saturated carbocycles. The molecule has 0 bridgehead atoms. The Kier molecular flexibility index (Phi) is 10.5. The number of nitriles is 1. The molecule has 2 aliphatic rings. The first-order valence-electron chi connectivity index (χ1n) is 11.2. The lowest BCUT2D eigenvalue weighted by molar-refractivity contribution is -0.539. The maximum atomic E-state index is 10.8. The lowest BCUT2D eigenvalue weighted by atomic mass is 9.87. The van der Waals surface area contributed by atoms with E-state index >= 15 is 0 Å². The predicted molar refractivity (Wildman–Crippen MR) is 115 cm³/mol. The van der Waals surface area contributed by atoms with Crippen LogP contribution in [0.2, 0.25) is 0 Å². The lowest BCUT2D eigenvalue weighted by Crippen LogP contribution is -2.33. The smallest absolute Gasteiger partial charge is 0.391 e. The van der Waals surface area contributed by atoms with Gasteiger partial charge in [-0.1, -0.05) is 33.1 Å². The van der Waals surface area contributed by atoms with Crippen LogP contribution in [0.3, 0.4) is 0 Å². The van der Waals surface area contributed by atoms with E-state index in [2.05, 4.69) is 31.3 Å². The number of allylic oxidation sites excluding steroid dienone is 3. The summed E-state index contributed by atoms with van der Waals surface area (Å²) in [5.41, 5.74) is 3.00. The molecule has 2 rings (SSSR count). The molecule has 1 N–H and O–H groups in total. The minimum Gasteiger partial charge on any atom is -0.391 e. The first-order valence-corrected chi connectivity index (χ1v) is 11.2. The van der Waals surface area contributed by atoms with Gasteiger partial charge in [0.15, 0.2) is 13.1 Å². The number of carbonyl (C=O) groups excluding carboxylic acids is 1. The standard InChI is InChI=1S/C24H36N3O2/c1-3-5-7-12-26-13-9-21-17-23(16-20(8-6-4-2)24(21)18-25)29-22-10-14-27(19-28)15-11-22/h9,13,17,22-23,26H,3-8,10-12,14-16H2,1-2H3/q+1. The second-order valence-electron chi connectivity index (χ2n) is 7.97. The van der Waals surface area contributed by atoms with Crippen LogP contribution in [0.4, 0.5) is 0 Å². The molecule has 0 radical (unpaired) electrons. The molecule has 1 fully saturated rings. The molecule has 1 saturated heterocycles. The number of ether oxygens (including phenoxy) is 1. The van der Waals surface area contributed by atoms with Crippen LogP contribution >= 0.6 is 0 Å². The van der Waals surface area contributed by atoms with Crippen molar-refractivity contribution in [2.24, 2.45) is 0 Å². The van der Waals surface area contributed by atoms with E-state index in [1.54, 1.807) is 4.58 Å². The van der Waals surface area contributed by atoms with Crippen molar-refractivity contribution in [2.75, 3.05) is 19.6 Å². The summed E-state index contributed by atoms with van der Waals surface area (Å²) in [6.45, 7) is 6.75. The molecule has 0 aromatic rings. The number of unbranched alkanes of at least 4 members (excludes halogenated alkanes) is 3. The number of rotatable bonds is 11. The summed E-state index contributed by atoms with van der Waals surface area (Å²) in [6.07, 6.45) is 17.5. The molecule has 0 aromatic heterocycles. The van der Waals surface area contributed by atoms with Gasteiger partial charge in [0.05, 0.1) is 23.9 Å². The summed E-state index contributed by atoms with van der Waals surface area (Å²) in [7, 11) is 0. The molecule has 158 valence electrons. The molecular formula is C24H36N3O2+. The summed E-state index contributed by atoms with van der Waals surface area (Å²) in [4.78, 5) is 10.8. The van der Waals surface area contributed by atoms with E-state index in [1.165, 1.54) is 18.4 Å². The van der Waals surface area contributed by atoms with Crippen LogP contribution in [0.1, 0.15) is 71.6 Å². The zero-order chi connectivity index (χ0) is 20.9. The fourth-order valence-electron chi connectivity index (χ4n) is 3.92. The van der Waals surface area contributed by atoms with Gasteiger partial charge in [0, 0.05) is 19.4 Å². The molecule has 1 unspecified atom stereocenters. The van der Waals surface area contributed by atoms with Crippen LogP contribution in [0.25, 0.3) is 0 Å².